The van der Waals surface area contributed by atoms with Gasteiger partial charge in [0.05, 0.1) is 6.61 Å². The summed E-state index contributed by atoms with van der Waals surface area (Å²) in [6.45, 7) is 5.96. The van der Waals surface area contributed by atoms with Crippen molar-refractivity contribution in [1.29, 1.82) is 0 Å². The third-order valence-electron chi connectivity index (χ3n) is 1.66. The average molecular weight is 196 g/mol. The summed E-state index contributed by atoms with van der Waals surface area (Å²) in [4.78, 5) is 14.5. The highest BCUT2D eigenvalue weighted by molar-refractivity contribution is 5.85. The van der Waals surface area contributed by atoms with E-state index in [9.17, 15) is 4.79 Å². The van der Waals surface area contributed by atoms with Gasteiger partial charge in [-0.3, -0.25) is 0 Å². The van der Waals surface area contributed by atoms with E-state index in [1.165, 1.54) is 6.20 Å². The first-order valence-electron chi connectivity index (χ1n) is 4.15. The molecule has 5 heteroatoms. The Morgan fingerprint density at radius 2 is 2.43 bits per heavy atom. The third kappa shape index (κ3) is 1.93. The van der Waals surface area contributed by atoms with E-state index in [1.54, 1.807) is 11.6 Å². The van der Waals surface area contributed by atoms with Gasteiger partial charge in [-0.05, 0) is 6.92 Å². The van der Waals surface area contributed by atoms with Gasteiger partial charge in [0.15, 0.2) is 17.3 Å². The lowest BCUT2D eigenvalue weighted by atomic mass is 10.5. The van der Waals surface area contributed by atoms with E-state index < -0.39 is 5.97 Å². The second-order valence-electron chi connectivity index (χ2n) is 2.72. The number of ether oxygens (including phenoxy) is 1. The number of carbonyl (C=O) groups is 1. The van der Waals surface area contributed by atoms with Crippen LogP contribution < -0.4 is 0 Å². The van der Waals surface area contributed by atoms with E-state index >= 15 is 0 Å². The summed E-state index contributed by atoms with van der Waals surface area (Å²) in [5.41, 5.74) is -0.0108. The summed E-state index contributed by atoms with van der Waals surface area (Å²) in [5.74, 6) is -0.247. The van der Waals surface area contributed by atoms with Crippen LogP contribution in [0.5, 0.6) is 0 Å². The van der Waals surface area contributed by atoms with Gasteiger partial charge in [-0.25, -0.2) is 9.78 Å². The lowest BCUT2D eigenvalue weighted by molar-refractivity contribution is 0.0691. The predicted molar refractivity (Wildman–Crippen MR) is 50.8 cm³/mol. The minimum Gasteiger partial charge on any atom is -0.491 e. The van der Waals surface area contributed by atoms with Crippen molar-refractivity contribution in [1.82, 2.24) is 9.55 Å². The van der Waals surface area contributed by atoms with Gasteiger partial charge in [0, 0.05) is 13.2 Å². The number of carboxylic acid groups (broad SMARTS) is 1. The maximum Gasteiger partial charge on any atom is 0.356 e. The van der Waals surface area contributed by atoms with Crippen LogP contribution in [0.2, 0.25) is 0 Å². The zero-order valence-corrected chi connectivity index (χ0v) is 8.15. The molecule has 1 N–H and O–H groups in total. The molecule has 1 aromatic rings. The maximum atomic E-state index is 10.6. The van der Waals surface area contributed by atoms with E-state index in [-0.39, 0.29) is 5.69 Å². The zero-order valence-electron chi connectivity index (χ0n) is 8.15. The van der Waals surface area contributed by atoms with Gasteiger partial charge < -0.3 is 14.4 Å². The molecule has 0 saturated carbocycles. The Morgan fingerprint density at radius 1 is 1.79 bits per heavy atom. The number of hydrogen-bond acceptors (Lipinski definition) is 3. The molecule has 0 radical (unpaired) electrons. The number of nitrogens with zero attached hydrogens (tertiary/aromatic N) is 2. The lowest BCUT2D eigenvalue weighted by Crippen LogP contribution is -1.99. The molecule has 0 bridgehead atoms. The van der Waals surface area contributed by atoms with Crippen molar-refractivity contribution < 1.29 is 14.6 Å². The summed E-state index contributed by atoms with van der Waals surface area (Å²) < 4.78 is 6.70. The van der Waals surface area contributed by atoms with E-state index in [0.29, 0.717) is 18.2 Å². The molecule has 76 valence electrons. The molecule has 0 aromatic carbocycles. The molecule has 1 aromatic heterocycles. The minimum absolute atomic E-state index is 0.0108. The Labute approximate surface area is 81.6 Å². The van der Waals surface area contributed by atoms with Gasteiger partial charge in [0.25, 0.3) is 0 Å². The van der Waals surface area contributed by atoms with Crippen LogP contribution in [0.3, 0.4) is 0 Å². The molecule has 14 heavy (non-hydrogen) atoms. The van der Waals surface area contributed by atoms with Crippen molar-refractivity contribution in [2.45, 2.75) is 6.92 Å². The Bertz CT molecular complexity index is 368. The summed E-state index contributed by atoms with van der Waals surface area (Å²) in [6.07, 6.45) is 1.42. The van der Waals surface area contributed by atoms with Crippen molar-refractivity contribution in [2.75, 3.05) is 6.61 Å². The Morgan fingerprint density at radius 3 is 2.86 bits per heavy atom. The Hall–Kier alpha value is -1.78. The first kappa shape index (κ1) is 10.3. The van der Waals surface area contributed by atoms with E-state index in [1.807, 2.05) is 6.92 Å². The summed E-state index contributed by atoms with van der Waals surface area (Å²) in [7, 11) is 1.69. The molecule has 0 spiro atoms. The minimum atomic E-state index is -1.06. The average Bonchev–Trinajstić information content (AvgIpc) is 2.48. The fraction of sp³-hybridized carbons (Fsp3) is 0.333. The van der Waals surface area contributed by atoms with Crippen LogP contribution in [0.1, 0.15) is 23.2 Å². The van der Waals surface area contributed by atoms with Gasteiger partial charge >= 0.3 is 5.97 Å². The second kappa shape index (κ2) is 3.95. The van der Waals surface area contributed by atoms with Crippen LogP contribution in [0.15, 0.2) is 12.8 Å². The molecule has 0 aliphatic heterocycles. The molecule has 0 atom stereocenters. The van der Waals surface area contributed by atoms with Crippen molar-refractivity contribution in [2.24, 2.45) is 7.05 Å². The first-order chi connectivity index (χ1) is 6.56. The van der Waals surface area contributed by atoms with Crippen LogP contribution in [-0.2, 0) is 11.8 Å². The number of aryl methyl sites for hydroxylation is 1. The van der Waals surface area contributed by atoms with Crippen molar-refractivity contribution >= 4 is 11.7 Å². The smallest absolute Gasteiger partial charge is 0.356 e. The fourth-order valence-corrected chi connectivity index (χ4v) is 1.07. The van der Waals surface area contributed by atoms with Gasteiger partial charge in [-0.15, -0.1) is 0 Å². The largest absolute Gasteiger partial charge is 0.491 e. The zero-order chi connectivity index (χ0) is 10.7. The lowest BCUT2D eigenvalue weighted by Gasteiger charge is -2.05. The standard InChI is InChI=1S/C9H12N2O3/c1-4-14-6(2)8-10-7(9(12)13)5-11(8)3/h5H,2,4H2,1,3H3,(H,12,13). The topological polar surface area (TPSA) is 64.3 Å². The van der Waals surface area contributed by atoms with Crippen molar-refractivity contribution in [3.05, 3.63) is 24.3 Å². The number of imidazole rings is 1. The highest BCUT2D eigenvalue weighted by Gasteiger charge is 2.13. The van der Waals surface area contributed by atoms with Crippen LogP contribution in [-0.4, -0.2) is 27.2 Å². The molecule has 0 amide bonds. The molecule has 0 aliphatic rings. The SMILES string of the molecule is C=C(OCC)c1nc(C(=O)O)cn1C. The summed E-state index contributed by atoms with van der Waals surface area (Å²) in [6, 6.07) is 0. The van der Waals surface area contributed by atoms with E-state index in [4.69, 9.17) is 9.84 Å². The molecule has 0 fully saturated rings. The molecule has 0 unspecified atom stereocenters. The third-order valence-corrected chi connectivity index (χ3v) is 1.66. The van der Waals surface area contributed by atoms with Crippen LogP contribution in [0, 0.1) is 0 Å². The Balaban J connectivity index is 2.98. The number of hydrogen-bond donors (Lipinski definition) is 1. The van der Waals surface area contributed by atoms with E-state index in [2.05, 4.69) is 11.6 Å². The quantitative estimate of drug-likeness (QED) is 0.733. The van der Waals surface area contributed by atoms with Crippen LogP contribution in [0.25, 0.3) is 5.76 Å². The van der Waals surface area contributed by atoms with Gasteiger partial charge in [0.2, 0.25) is 0 Å². The summed E-state index contributed by atoms with van der Waals surface area (Å²) >= 11 is 0. The molecular formula is C9H12N2O3. The fourth-order valence-electron chi connectivity index (χ4n) is 1.07. The normalized spacial score (nSPS) is 9.86. The number of carboxylic acids is 1. The van der Waals surface area contributed by atoms with Gasteiger partial charge in [0.1, 0.15) is 0 Å². The summed E-state index contributed by atoms with van der Waals surface area (Å²) in [5, 5.41) is 8.69. The van der Waals surface area contributed by atoms with Crippen LogP contribution in [0.4, 0.5) is 0 Å². The molecule has 1 rings (SSSR count). The molecule has 0 saturated heterocycles. The van der Waals surface area contributed by atoms with E-state index in [0.717, 1.165) is 0 Å². The number of aromatic carboxylic acids is 1. The monoisotopic (exact) mass is 196 g/mol. The molecule has 0 aliphatic carbocycles. The maximum absolute atomic E-state index is 10.6. The number of rotatable bonds is 4. The highest BCUT2D eigenvalue weighted by atomic mass is 16.5. The van der Waals surface area contributed by atoms with Crippen LogP contribution >= 0.6 is 0 Å². The number of aromatic nitrogens is 2. The van der Waals surface area contributed by atoms with Crippen molar-refractivity contribution in [3.63, 3.8) is 0 Å². The van der Waals surface area contributed by atoms with Gasteiger partial charge in [-0.2, -0.15) is 0 Å². The predicted octanol–water partition coefficient (Wildman–Crippen LogP) is 1.13. The first-order valence-corrected chi connectivity index (χ1v) is 4.15. The Kier molecular flexibility index (Phi) is 2.91. The molecular weight excluding hydrogens is 184 g/mol. The van der Waals surface area contributed by atoms with Crippen molar-refractivity contribution in [3.8, 4) is 0 Å². The highest BCUT2D eigenvalue weighted by Crippen LogP contribution is 2.12. The second-order valence-corrected chi connectivity index (χ2v) is 2.72. The van der Waals surface area contributed by atoms with Gasteiger partial charge in [-0.1, -0.05) is 6.58 Å². The molecule has 1 heterocycles. The molecule has 5 nitrogen and oxygen atoms in total.